The molecule has 18 heavy (non-hydrogen) atoms. The minimum atomic E-state index is -1.16. The van der Waals surface area contributed by atoms with Gasteiger partial charge in [0.2, 0.25) is 0 Å². The largest absolute Gasteiger partial charge is 0.591 e. The van der Waals surface area contributed by atoms with E-state index in [-0.39, 0.29) is 4.75 Å². The summed E-state index contributed by atoms with van der Waals surface area (Å²) >= 11 is -1.16. The minimum absolute atomic E-state index is 0.283. The van der Waals surface area contributed by atoms with Gasteiger partial charge >= 0.3 is 0 Å². The average molecular weight is 263 g/mol. The van der Waals surface area contributed by atoms with E-state index < -0.39 is 11.4 Å². The topological polar surface area (TPSA) is 35.4 Å². The Morgan fingerprint density at radius 1 is 1.22 bits per heavy atom. The zero-order valence-electron chi connectivity index (χ0n) is 11.6. The van der Waals surface area contributed by atoms with E-state index in [1.54, 1.807) is 0 Å². The fraction of sp³-hybridized carbons (Fsp3) is 0.533. The summed E-state index contributed by atoms with van der Waals surface area (Å²) < 4.78 is 16.3. The van der Waals surface area contributed by atoms with Gasteiger partial charge in [-0.2, -0.15) is 0 Å². The van der Waals surface area contributed by atoms with Crippen molar-refractivity contribution >= 4 is 17.1 Å². The first-order valence-electron chi connectivity index (χ1n) is 6.47. The Labute approximate surface area is 113 Å². The molecule has 0 saturated carbocycles. The molecule has 1 aromatic rings. The van der Waals surface area contributed by atoms with E-state index in [0.717, 1.165) is 25.0 Å². The number of benzene rings is 1. The fourth-order valence-electron chi connectivity index (χ4n) is 2.09. The van der Waals surface area contributed by atoms with E-state index in [1.165, 1.54) is 16.7 Å². The van der Waals surface area contributed by atoms with Crippen molar-refractivity contribution in [1.82, 2.24) is 0 Å². The summed E-state index contributed by atoms with van der Waals surface area (Å²) in [6, 6.07) is 6.50. The molecule has 0 amide bonds. The monoisotopic (exact) mass is 263 g/mol. The van der Waals surface area contributed by atoms with Crippen LogP contribution in [0.3, 0.4) is 0 Å². The highest BCUT2D eigenvalue weighted by Gasteiger charge is 2.28. The third-order valence-electron chi connectivity index (χ3n) is 3.15. The van der Waals surface area contributed by atoms with Crippen LogP contribution < -0.4 is 0 Å². The van der Waals surface area contributed by atoms with E-state index in [2.05, 4.69) is 29.5 Å². The van der Waals surface area contributed by atoms with E-state index in [0.29, 0.717) is 0 Å². The second-order valence-electron chi connectivity index (χ2n) is 5.91. The van der Waals surface area contributed by atoms with Gasteiger partial charge < -0.3 is 4.55 Å². The number of hydrogen-bond donors (Lipinski definition) is 0. The summed E-state index contributed by atoms with van der Waals surface area (Å²) in [5, 5.41) is 0. The number of hydrogen-bond acceptors (Lipinski definition) is 2. The van der Waals surface area contributed by atoms with Crippen LogP contribution in [0.5, 0.6) is 0 Å². The highest BCUT2D eigenvalue weighted by Crippen LogP contribution is 2.26. The van der Waals surface area contributed by atoms with Crippen molar-refractivity contribution in [3.8, 4) is 0 Å². The lowest BCUT2D eigenvalue weighted by atomic mass is 9.89. The summed E-state index contributed by atoms with van der Waals surface area (Å²) in [5.41, 5.74) is 4.81. The molecule has 0 N–H and O–H groups in total. The van der Waals surface area contributed by atoms with Gasteiger partial charge in [-0.05, 0) is 58.6 Å². The highest BCUT2D eigenvalue weighted by molar-refractivity contribution is 7.91. The lowest BCUT2D eigenvalue weighted by molar-refractivity contribution is 0.561. The Kier molecular flexibility index (Phi) is 3.83. The molecule has 0 aromatic heterocycles. The molecule has 1 aliphatic carbocycles. The number of fused-ring (bicyclic) bond motifs is 1. The fourth-order valence-corrected chi connectivity index (χ4v) is 2.75. The van der Waals surface area contributed by atoms with Gasteiger partial charge in [0.1, 0.15) is 16.1 Å². The molecule has 0 fully saturated rings. The molecule has 98 valence electrons. The van der Waals surface area contributed by atoms with Crippen molar-refractivity contribution in [2.45, 2.75) is 51.7 Å². The van der Waals surface area contributed by atoms with Gasteiger partial charge in [0.15, 0.2) is 0 Å². The summed E-state index contributed by atoms with van der Waals surface area (Å²) in [6.07, 6.45) is 3.16. The smallest absolute Gasteiger partial charge is 0.144 e. The van der Waals surface area contributed by atoms with Gasteiger partial charge in [0, 0.05) is 5.56 Å². The average Bonchev–Trinajstić information content (AvgIpc) is 2.28. The first-order valence-corrected chi connectivity index (χ1v) is 7.58. The second kappa shape index (κ2) is 5.06. The highest BCUT2D eigenvalue weighted by atomic mass is 32.2. The van der Waals surface area contributed by atoms with Gasteiger partial charge in [-0.1, -0.05) is 22.1 Å². The molecule has 2 nitrogen and oxygen atoms in total. The molecular weight excluding hydrogens is 242 g/mol. The SMILES string of the molecule is Cc1ccc2c(c1)/C(=N/[S+]([O-])C(C)(C)C)CCC2. The molecule has 0 bridgehead atoms. The van der Waals surface area contributed by atoms with Gasteiger partial charge in [-0.3, -0.25) is 0 Å². The van der Waals surface area contributed by atoms with E-state index in [9.17, 15) is 4.55 Å². The molecule has 0 aliphatic heterocycles. The molecule has 3 heteroatoms. The van der Waals surface area contributed by atoms with Crippen molar-refractivity contribution < 1.29 is 4.55 Å². The Balaban J connectivity index is 2.38. The van der Waals surface area contributed by atoms with Gasteiger partial charge in [0.25, 0.3) is 0 Å². The van der Waals surface area contributed by atoms with Crippen LogP contribution in [0, 0.1) is 6.92 Å². The maximum Gasteiger partial charge on any atom is 0.144 e. The van der Waals surface area contributed by atoms with Gasteiger partial charge in [0.05, 0.1) is 5.71 Å². The normalized spacial score (nSPS) is 19.7. The summed E-state index contributed by atoms with van der Waals surface area (Å²) in [6.45, 7) is 7.99. The number of aryl methyl sites for hydroxylation is 2. The molecule has 1 unspecified atom stereocenters. The summed E-state index contributed by atoms with van der Waals surface area (Å²) in [7, 11) is 0. The Morgan fingerprint density at radius 2 is 1.94 bits per heavy atom. The van der Waals surface area contributed by atoms with Crippen LogP contribution in [0.4, 0.5) is 0 Å². The maximum absolute atomic E-state index is 12.2. The van der Waals surface area contributed by atoms with Crippen molar-refractivity contribution in [1.29, 1.82) is 0 Å². The van der Waals surface area contributed by atoms with Gasteiger partial charge in [-0.15, -0.1) is 0 Å². The Morgan fingerprint density at radius 3 is 2.61 bits per heavy atom. The minimum Gasteiger partial charge on any atom is -0.591 e. The Hall–Kier alpha value is -0.800. The molecule has 1 aromatic carbocycles. The molecule has 1 atom stereocenters. The van der Waals surface area contributed by atoms with Crippen LogP contribution in [-0.4, -0.2) is 15.0 Å². The van der Waals surface area contributed by atoms with E-state index in [1.807, 2.05) is 20.8 Å². The second-order valence-corrected chi connectivity index (χ2v) is 7.82. The van der Waals surface area contributed by atoms with Crippen molar-refractivity contribution in [2.75, 3.05) is 0 Å². The van der Waals surface area contributed by atoms with Crippen LogP contribution in [0.2, 0.25) is 0 Å². The lowest BCUT2D eigenvalue weighted by Gasteiger charge is -2.22. The molecule has 0 radical (unpaired) electrons. The first-order chi connectivity index (χ1) is 8.38. The number of nitrogens with zero attached hydrogens (tertiary/aromatic N) is 1. The summed E-state index contributed by atoms with van der Waals surface area (Å²) in [5.74, 6) is 0. The van der Waals surface area contributed by atoms with Crippen LogP contribution in [-0.2, 0) is 17.8 Å². The maximum atomic E-state index is 12.2. The van der Waals surface area contributed by atoms with E-state index in [4.69, 9.17) is 0 Å². The van der Waals surface area contributed by atoms with Crippen molar-refractivity contribution in [3.63, 3.8) is 0 Å². The molecule has 0 spiro atoms. The predicted molar refractivity (Wildman–Crippen MR) is 78.5 cm³/mol. The third-order valence-corrected chi connectivity index (χ3v) is 4.59. The predicted octanol–water partition coefficient (Wildman–Crippen LogP) is 3.58. The van der Waals surface area contributed by atoms with Crippen LogP contribution in [0.25, 0.3) is 0 Å². The molecule has 1 aliphatic rings. The zero-order chi connectivity index (χ0) is 13.3. The standard InChI is InChI=1S/C15H21NOS/c1-11-8-9-12-6-5-7-14(13(12)10-11)16-18(17)15(2,3)4/h8-10H,5-7H2,1-4H3/b16-14+. The number of rotatable bonds is 1. The third kappa shape index (κ3) is 2.96. The molecular formula is C15H21NOS. The van der Waals surface area contributed by atoms with E-state index >= 15 is 0 Å². The molecule has 0 heterocycles. The van der Waals surface area contributed by atoms with Crippen LogP contribution >= 0.6 is 0 Å². The zero-order valence-corrected chi connectivity index (χ0v) is 12.4. The van der Waals surface area contributed by atoms with Crippen molar-refractivity contribution in [2.24, 2.45) is 4.40 Å². The lowest BCUT2D eigenvalue weighted by Crippen LogP contribution is -2.27. The summed E-state index contributed by atoms with van der Waals surface area (Å²) in [4.78, 5) is 0. The molecule has 0 saturated heterocycles. The van der Waals surface area contributed by atoms with Crippen LogP contribution in [0.1, 0.15) is 50.3 Å². The quantitative estimate of drug-likeness (QED) is 0.713. The van der Waals surface area contributed by atoms with Gasteiger partial charge in [-0.25, -0.2) is 0 Å². The van der Waals surface area contributed by atoms with Crippen molar-refractivity contribution in [3.05, 3.63) is 34.9 Å². The Bertz CT molecular complexity index is 474. The first kappa shape index (κ1) is 13.6. The molecule has 2 rings (SSSR count). The van der Waals surface area contributed by atoms with Crippen LogP contribution in [0.15, 0.2) is 22.6 Å².